The van der Waals surface area contributed by atoms with Gasteiger partial charge in [-0.2, -0.15) is 5.10 Å². The third kappa shape index (κ3) is 2.73. The third-order valence-corrected chi connectivity index (χ3v) is 4.89. The molecule has 0 atom stereocenters. The number of alkyl halides is 1. The first-order chi connectivity index (χ1) is 11.8. The van der Waals surface area contributed by atoms with Gasteiger partial charge in [0.1, 0.15) is 6.67 Å². The Hall–Kier alpha value is -2.14. The Morgan fingerprint density at radius 3 is 2.67 bits per heavy atom. The molecule has 2 aliphatic heterocycles. The lowest BCUT2D eigenvalue weighted by atomic mass is 9.92. The van der Waals surface area contributed by atoms with Gasteiger partial charge in [0.2, 0.25) is 0 Å². The summed E-state index contributed by atoms with van der Waals surface area (Å²) in [7, 11) is 2.07. The van der Waals surface area contributed by atoms with Crippen molar-refractivity contribution in [2.75, 3.05) is 20.3 Å². The van der Waals surface area contributed by atoms with E-state index in [9.17, 15) is 4.39 Å². The van der Waals surface area contributed by atoms with Crippen LogP contribution in [0.2, 0.25) is 0 Å². The quantitative estimate of drug-likeness (QED) is 0.862. The minimum atomic E-state index is -0.434. The number of hydrogen-bond acceptors (Lipinski definition) is 3. The topological polar surface area (TPSA) is 30.3 Å². The number of aromatic nitrogens is 2. The minimum absolute atomic E-state index is 0.434. The van der Waals surface area contributed by atoms with Crippen molar-refractivity contribution < 1.29 is 9.13 Å². The average Bonchev–Trinajstić information content (AvgIpc) is 3.01. The van der Waals surface area contributed by atoms with Crippen LogP contribution in [0.25, 0.3) is 11.8 Å². The fourth-order valence-electron chi connectivity index (χ4n) is 3.52. The van der Waals surface area contributed by atoms with Crippen molar-refractivity contribution in [3.05, 3.63) is 53.0 Å². The lowest BCUT2D eigenvalue weighted by molar-refractivity contribution is 0.0844. The Morgan fingerprint density at radius 1 is 1.21 bits per heavy atom. The number of benzene rings is 1. The number of nitrogens with zero attached hydrogens (tertiary/aromatic N) is 3. The smallest absolute Gasteiger partial charge is 0.115 e. The molecule has 126 valence electrons. The van der Waals surface area contributed by atoms with Gasteiger partial charge in [-0.05, 0) is 42.8 Å². The number of halogens is 1. The van der Waals surface area contributed by atoms with Crippen molar-refractivity contribution in [1.29, 1.82) is 0 Å². The molecule has 24 heavy (non-hydrogen) atoms. The van der Waals surface area contributed by atoms with Gasteiger partial charge in [-0.3, -0.25) is 0 Å². The molecule has 0 aliphatic carbocycles. The van der Waals surface area contributed by atoms with Gasteiger partial charge in [-0.25, -0.2) is 9.07 Å². The van der Waals surface area contributed by atoms with Gasteiger partial charge in [0.05, 0.1) is 23.6 Å². The monoisotopic (exact) mass is 327 g/mol. The maximum atomic E-state index is 12.8. The summed E-state index contributed by atoms with van der Waals surface area (Å²) < 4.78 is 20.3. The number of ether oxygens (including phenoxy) is 1. The molecule has 0 amide bonds. The van der Waals surface area contributed by atoms with E-state index in [4.69, 9.17) is 9.84 Å². The first-order valence-electron chi connectivity index (χ1n) is 8.49. The van der Waals surface area contributed by atoms with Crippen molar-refractivity contribution in [3.8, 4) is 5.69 Å². The molecule has 1 aromatic carbocycles. The van der Waals surface area contributed by atoms with Gasteiger partial charge in [0.25, 0.3) is 0 Å². The van der Waals surface area contributed by atoms with Gasteiger partial charge in [0, 0.05) is 31.7 Å². The summed E-state index contributed by atoms with van der Waals surface area (Å²) in [5, 5.41) is 4.97. The number of fused-ring (bicyclic) bond motifs is 1. The standard InChI is InChI=1S/C19H22FN3O/c1-22-9-6-17-18(13-22)23(16-4-2-14(12-20)3-5-16)21-19(17)15-7-10-24-11-8-15/h2-6,9,15H,7-8,10-13H2,1H3. The summed E-state index contributed by atoms with van der Waals surface area (Å²) in [5.74, 6) is 0.451. The molecule has 2 aromatic rings. The van der Waals surface area contributed by atoms with Gasteiger partial charge in [-0.15, -0.1) is 0 Å². The van der Waals surface area contributed by atoms with Crippen molar-refractivity contribution in [1.82, 2.24) is 14.7 Å². The molecule has 3 heterocycles. The largest absolute Gasteiger partial charge is 0.381 e. The fraction of sp³-hybridized carbons (Fsp3) is 0.421. The lowest BCUT2D eigenvalue weighted by Crippen LogP contribution is -2.18. The van der Waals surface area contributed by atoms with Crippen LogP contribution in [0.15, 0.2) is 30.5 Å². The van der Waals surface area contributed by atoms with E-state index < -0.39 is 6.67 Å². The average molecular weight is 327 g/mol. The zero-order valence-electron chi connectivity index (χ0n) is 13.9. The van der Waals surface area contributed by atoms with Crippen LogP contribution in [0.5, 0.6) is 0 Å². The summed E-state index contributed by atoms with van der Waals surface area (Å²) in [6.45, 7) is 2.01. The van der Waals surface area contributed by atoms with Crippen LogP contribution in [0.3, 0.4) is 0 Å². The van der Waals surface area contributed by atoms with E-state index in [0.717, 1.165) is 38.3 Å². The van der Waals surface area contributed by atoms with Crippen LogP contribution in [0.4, 0.5) is 4.39 Å². The van der Waals surface area contributed by atoms with Crippen molar-refractivity contribution >= 4 is 6.08 Å². The molecule has 0 unspecified atom stereocenters. The maximum absolute atomic E-state index is 12.8. The SMILES string of the molecule is CN1C=Cc2c(C3CCOCC3)nn(-c3ccc(CF)cc3)c2C1. The molecule has 0 radical (unpaired) electrons. The van der Waals surface area contributed by atoms with Crippen molar-refractivity contribution in [2.24, 2.45) is 0 Å². The van der Waals surface area contributed by atoms with Crippen LogP contribution in [-0.4, -0.2) is 34.9 Å². The molecule has 4 nitrogen and oxygen atoms in total. The second-order valence-corrected chi connectivity index (χ2v) is 6.57. The molecule has 0 saturated carbocycles. The third-order valence-electron chi connectivity index (χ3n) is 4.89. The van der Waals surface area contributed by atoms with Gasteiger partial charge >= 0.3 is 0 Å². The summed E-state index contributed by atoms with van der Waals surface area (Å²) >= 11 is 0. The maximum Gasteiger partial charge on any atom is 0.115 e. The minimum Gasteiger partial charge on any atom is -0.381 e. The summed E-state index contributed by atoms with van der Waals surface area (Å²) in [6, 6.07) is 7.57. The Kier molecular flexibility index (Phi) is 4.10. The molecule has 1 saturated heterocycles. The number of hydrogen-bond donors (Lipinski definition) is 0. The molecule has 0 spiro atoms. The highest BCUT2D eigenvalue weighted by molar-refractivity contribution is 5.59. The predicted molar refractivity (Wildman–Crippen MR) is 91.7 cm³/mol. The van der Waals surface area contributed by atoms with Crippen LogP contribution in [0, 0.1) is 0 Å². The van der Waals surface area contributed by atoms with Gasteiger partial charge in [-0.1, -0.05) is 12.1 Å². The Morgan fingerprint density at radius 2 is 1.96 bits per heavy atom. The first kappa shape index (κ1) is 15.4. The first-order valence-corrected chi connectivity index (χ1v) is 8.49. The summed E-state index contributed by atoms with van der Waals surface area (Å²) in [6.07, 6.45) is 6.33. The van der Waals surface area contributed by atoms with E-state index in [-0.39, 0.29) is 0 Å². The Labute approximate surface area is 141 Å². The van der Waals surface area contributed by atoms with Crippen LogP contribution in [0.1, 0.15) is 41.3 Å². The van der Waals surface area contributed by atoms with Crippen LogP contribution < -0.4 is 0 Å². The zero-order chi connectivity index (χ0) is 16.5. The predicted octanol–water partition coefficient (Wildman–Crippen LogP) is 3.65. The van der Waals surface area contributed by atoms with E-state index in [1.165, 1.54) is 17.0 Å². The number of rotatable bonds is 3. The molecule has 4 rings (SSSR count). The van der Waals surface area contributed by atoms with Gasteiger partial charge in [0.15, 0.2) is 0 Å². The molecule has 0 N–H and O–H groups in total. The lowest BCUT2D eigenvalue weighted by Gasteiger charge is -2.23. The van der Waals surface area contributed by atoms with Crippen molar-refractivity contribution in [3.63, 3.8) is 0 Å². The Balaban J connectivity index is 1.78. The van der Waals surface area contributed by atoms with E-state index in [1.807, 2.05) is 28.9 Å². The highest BCUT2D eigenvalue weighted by Crippen LogP contribution is 2.34. The second kappa shape index (κ2) is 6.40. The molecular formula is C19H22FN3O. The molecule has 1 aromatic heterocycles. The van der Waals surface area contributed by atoms with E-state index in [0.29, 0.717) is 11.5 Å². The molecule has 5 heteroatoms. The summed E-state index contributed by atoms with van der Waals surface area (Å²) in [5.41, 5.74) is 5.31. The van der Waals surface area contributed by atoms with E-state index in [2.05, 4.69) is 24.2 Å². The Bertz CT molecular complexity index is 745. The highest BCUT2D eigenvalue weighted by Gasteiger charge is 2.27. The molecule has 0 bridgehead atoms. The van der Waals surface area contributed by atoms with E-state index >= 15 is 0 Å². The fourth-order valence-corrected chi connectivity index (χ4v) is 3.52. The second-order valence-electron chi connectivity index (χ2n) is 6.57. The van der Waals surface area contributed by atoms with Crippen LogP contribution in [-0.2, 0) is 18.0 Å². The van der Waals surface area contributed by atoms with Crippen LogP contribution >= 0.6 is 0 Å². The molecule has 2 aliphatic rings. The molecular weight excluding hydrogens is 305 g/mol. The normalized spacial score (nSPS) is 18.0. The highest BCUT2D eigenvalue weighted by atomic mass is 19.1. The van der Waals surface area contributed by atoms with Gasteiger partial charge < -0.3 is 9.64 Å². The van der Waals surface area contributed by atoms with E-state index in [1.54, 1.807) is 0 Å². The zero-order valence-corrected chi connectivity index (χ0v) is 13.9. The molecule has 1 fully saturated rings. The van der Waals surface area contributed by atoms with Crippen molar-refractivity contribution in [2.45, 2.75) is 32.0 Å². The summed E-state index contributed by atoms with van der Waals surface area (Å²) in [4.78, 5) is 2.16.